The van der Waals surface area contributed by atoms with Crippen LogP contribution in [0.3, 0.4) is 0 Å². The Morgan fingerprint density at radius 3 is 1.44 bits per heavy atom. The molecule has 0 aromatic heterocycles. The van der Waals surface area contributed by atoms with Crippen molar-refractivity contribution in [1.82, 2.24) is 0 Å². The summed E-state index contributed by atoms with van der Waals surface area (Å²) in [5.41, 5.74) is 1.63. The molecule has 0 aliphatic carbocycles. The van der Waals surface area contributed by atoms with Crippen molar-refractivity contribution in [2.75, 3.05) is 0 Å². The molecule has 2 N–H and O–H groups in total. The number of aromatic hydroxyl groups is 1. The third kappa shape index (κ3) is 18.8. The summed E-state index contributed by atoms with van der Waals surface area (Å²) in [6.45, 7) is 4.41. The molecule has 0 bridgehead atoms. The smallest absolute Gasteiger partial charge is 0.872 e. The maximum Gasteiger partial charge on any atom is 2.00 e. The van der Waals surface area contributed by atoms with Crippen LogP contribution in [0.5, 0.6) is 34.5 Å². The SMILES string of the molecule is CCCCCCCCCc1ccc(Oc2cccc(S(=O)(=O)O)c2)cc1O.CCCCCCCCCc1ccc(Oc2cccc(S(=O)(=O)[O-])c2)cc1[O-].[Ca+2]. The molecule has 0 saturated heterocycles. The average Bonchev–Trinajstić information content (AvgIpc) is 3.12. The Hall–Kier alpha value is -2.84. The van der Waals surface area contributed by atoms with Gasteiger partial charge >= 0.3 is 37.7 Å². The first kappa shape index (κ1) is 48.3. The molecule has 0 aliphatic rings. The van der Waals surface area contributed by atoms with E-state index in [0.717, 1.165) is 55.7 Å². The monoisotopic (exact) mass is 822 g/mol. The molecular formula is C42H54CaO10S2. The van der Waals surface area contributed by atoms with Gasteiger partial charge in [-0.15, -0.1) is 5.75 Å². The minimum Gasteiger partial charge on any atom is -0.872 e. The standard InChI is InChI=1S/2C21H28O5S.Ca/c2*1-2-3-4-5-6-7-8-10-17-13-14-19(16-21(17)22)26-18-11-9-12-20(15-18)27(23,24)25;/h2*9,11-16,22H,2-8,10H2,1H3,(H,23,24,25);/q;;+2/p-2. The van der Waals surface area contributed by atoms with Gasteiger partial charge in [0.15, 0.2) is 0 Å². The maximum atomic E-state index is 12.2. The van der Waals surface area contributed by atoms with Crippen LogP contribution >= 0.6 is 0 Å². The number of hydrogen-bond donors (Lipinski definition) is 2. The quantitative estimate of drug-likeness (QED) is 0.0441. The van der Waals surface area contributed by atoms with Gasteiger partial charge in [0.25, 0.3) is 10.1 Å². The molecule has 0 fully saturated rings. The predicted molar refractivity (Wildman–Crippen MR) is 214 cm³/mol. The first-order valence-corrected chi connectivity index (χ1v) is 21.8. The van der Waals surface area contributed by atoms with Crippen LogP contribution in [0, 0.1) is 0 Å². The molecule has 296 valence electrons. The van der Waals surface area contributed by atoms with E-state index in [2.05, 4.69) is 13.8 Å². The Labute approximate surface area is 357 Å². The van der Waals surface area contributed by atoms with Crippen molar-refractivity contribution in [3.8, 4) is 34.5 Å². The number of phenols is 1. The molecule has 55 heavy (non-hydrogen) atoms. The van der Waals surface area contributed by atoms with E-state index >= 15 is 0 Å². The van der Waals surface area contributed by atoms with Gasteiger partial charge in [0.2, 0.25) is 0 Å². The number of benzene rings is 4. The molecule has 4 aromatic carbocycles. The zero-order valence-electron chi connectivity index (χ0n) is 32.1. The van der Waals surface area contributed by atoms with E-state index in [1.807, 2.05) is 6.07 Å². The molecule has 0 aliphatic heterocycles. The van der Waals surface area contributed by atoms with Gasteiger partial charge in [-0.1, -0.05) is 121 Å². The fourth-order valence-electron chi connectivity index (χ4n) is 5.83. The van der Waals surface area contributed by atoms with Gasteiger partial charge in [-0.3, -0.25) is 4.55 Å². The zero-order valence-corrected chi connectivity index (χ0v) is 35.9. The number of aryl methyl sites for hydroxylation is 2. The Balaban J connectivity index is 0.000000373. The first-order valence-electron chi connectivity index (χ1n) is 18.9. The fraction of sp³-hybridized carbons (Fsp3) is 0.429. The predicted octanol–water partition coefficient (Wildman–Crippen LogP) is 10.1. The maximum absolute atomic E-state index is 12.2. The minimum atomic E-state index is -4.54. The van der Waals surface area contributed by atoms with Crippen LogP contribution in [0.2, 0.25) is 0 Å². The van der Waals surface area contributed by atoms with E-state index < -0.39 is 20.2 Å². The summed E-state index contributed by atoms with van der Waals surface area (Å²) in [6.07, 6.45) is 18.5. The molecule has 4 rings (SSSR count). The molecular weight excluding hydrogens is 769 g/mol. The van der Waals surface area contributed by atoms with Crippen molar-refractivity contribution in [2.24, 2.45) is 0 Å². The molecule has 13 heteroatoms. The Morgan fingerprint density at radius 1 is 0.545 bits per heavy atom. The molecule has 0 radical (unpaired) electrons. The van der Waals surface area contributed by atoms with Gasteiger partial charge in [-0.05, 0) is 79.8 Å². The topological polar surface area (TPSA) is 173 Å². The van der Waals surface area contributed by atoms with Gasteiger partial charge in [-0.2, -0.15) is 8.42 Å². The molecule has 0 heterocycles. The van der Waals surface area contributed by atoms with Crippen LogP contribution in [0.1, 0.15) is 115 Å². The Bertz CT molecular complexity index is 1810. The number of phenolic OH excluding ortho intramolecular Hbond substituents is 1. The van der Waals surface area contributed by atoms with E-state index in [-0.39, 0.29) is 70.5 Å². The third-order valence-corrected chi connectivity index (χ3v) is 10.5. The largest absolute Gasteiger partial charge is 2.00 e. The van der Waals surface area contributed by atoms with E-state index in [4.69, 9.17) is 14.0 Å². The second-order valence-electron chi connectivity index (χ2n) is 13.4. The van der Waals surface area contributed by atoms with Crippen LogP contribution in [-0.4, -0.2) is 68.8 Å². The van der Waals surface area contributed by atoms with Crippen molar-refractivity contribution in [2.45, 2.75) is 126 Å². The summed E-state index contributed by atoms with van der Waals surface area (Å²) in [7, 11) is -8.83. The molecule has 0 saturated carbocycles. The van der Waals surface area contributed by atoms with Crippen molar-refractivity contribution >= 4 is 58.0 Å². The van der Waals surface area contributed by atoms with Gasteiger partial charge < -0.3 is 24.2 Å². The summed E-state index contributed by atoms with van der Waals surface area (Å²) in [5, 5.41) is 22.4. The van der Waals surface area contributed by atoms with E-state index in [0.29, 0.717) is 11.5 Å². The van der Waals surface area contributed by atoms with E-state index in [1.54, 1.807) is 24.3 Å². The van der Waals surface area contributed by atoms with Crippen LogP contribution in [0.25, 0.3) is 0 Å². The summed E-state index contributed by atoms with van der Waals surface area (Å²) < 4.78 is 75.8. The normalized spacial score (nSPS) is 11.3. The van der Waals surface area contributed by atoms with Crippen LogP contribution in [0.4, 0.5) is 0 Å². The molecule has 0 amide bonds. The molecule has 4 aromatic rings. The number of hydrogen-bond acceptors (Lipinski definition) is 9. The number of rotatable bonds is 22. The molecule has 0 spiro atoms. The second kappa shape index (κ2) is 25.4. The van der Waals surface area contributed by atoms with Gasteiger partial charge in [0, 0.05) is 12.1 Å². The average molecular weight is 823 g/mol. The van der Waals surface area contributed by atoms with Crippen molar-refractivity contribution in [3.63, 3.8) is 0 Å². The second-order valence-corrected chi connectivity index (χ2v) is 16.2. The third-order valence-electron chi connectivity index (χ3n) is 8.86. The summed E-state index contributed by atoms with van der Waals surface area (Å²) in [5.74, 6) is 1.28. The van der Waals surface area contributed by atoms with Crippen LogP contribution in [0.15, 0.2) is 94.7 Å². The van der Waals surface area contributed by atoms with Gasteiger partial charge in [0.1, 0.15) is 38.9 Å². The van der Waals surface area contributed by atoms with Crippen molar-refractivity contribution < 1.29 is 45.6 Å². The molecule has 0 atom stereocenters. The summed E-state index contributed by atoms with van der Waals surface area (Å²) >= 11 is 0. The Morgan fingerprint density at radius 2 is 0.964 bits per heavy atom. The number of unbranched alkanes of at least 4 members (excludes halogenated alkanes) is 12. The van der Waals surface area contributed by atoms with E-state index in [1.165, 1.54) is 113 Å². The minimum absolute atomic E-state index is 0. The van der Waals surface area contributed by atoms with Gasteiger partial charge in [-0.25, -0.2) is 8.42 Å². The summed E-state index contributed by atoms with van der Waals surface area (Å²) in [6, 6.07) is 20.8. The Kier molecular flexibility index (Phi) is 22.3. The van der Waals surface area contributed by atoms with Crippen LogP contribution in [-0.2, 0) is 33.1 Å². The van der Waals surface area contributed by atoms with Crippen LogP contribution < -0.4 is 14.6 Å². The van der Waals surface area contributed by atoms with Crippen molar-refractivity contribution in [1.29, 1.82) is 0 Å². The fourth-order valence-corrected chi connectivity index (χ4v) is 6.85. The summed E-state index contributed by atoms with van der Waals surface area (Å²) in [4.78, 5) is -0.599. The number of ether oxygens (including phenoxy) is 2. The molecule has 10 nitrogen and oxygen atoms in total. The first-order chi connectivity index (χ1) is 25.8. The van der Waals surface area contributed by atoms with E-state index in [9.17, 15) is 31.6 Å². The zero-order chi connectivity index (χ0) is 39.4. The van der Waals surface area contributed by atoms with Gasteiger partial charge in [0.05, 0.1) is 9.79 Å². The molecule has 0 unspecified atom stereocenters. The van der Waals surface area contributed by atoms with Crippen molar-refractivity contribution in [3.05, 3.63) is 96.1 Å².